The summed E-state index contributed by atoms with van der Waals surface area (Å²) in [5, 5.41) is 15.0. The number of hydrogen-bond donors (Lipinski definition) is 2. The summed E-state index contributed by atoms with van der Waals surface area (Å²) < 4.78 is 28.9. The molecule has 4 rings (SSSR count). The molecule has 0 fully saturated rings. The van der Waals surface area contributed by atoms with Crippen LogP contribution in [0.15, 0.2) is 59.5 Å². The van der Waals surface area contributed by atoms with Crippen molar-refractivity contribution in [1.82, 2.24) is 5.32 Å². The molecule has 3 aromatic carbocycles. The summed E-state index contributed by atoms with van der Waals surface area (Å²) in [5.41, 5.74) is 2.17. The van der Waals surface area contributed by atoms with E-state index in [-0.39, 0.29) is 16.6 Å². The summed E-state index contributed by atoms with van der Waals surface area (Å²) in [6, 6.07) is 15.2. The van der Waals surface area contributed by atoms with Gasteiger partial charge in [-0.2, -0.15) is 0 Å². The van der Waals surface area contributed by atoms with Gasteiger partial charge in [0.05, 0.1) is 16.6 Å². The van der Waals surface area contributed by atoms with Crippen LogP contribution in [0.3, 0.4) is 0 Å². The van der Waals surface area contributed by atoms with Gasteiger partial charge in [0, 0.05) is 17.5 Å². The van der Waals surface area contributed by atoms with Crippen LogP contribution in [0, 0.1) is 12.8 Å². The molecule has 3 aromatic rings. The quantitative estimate of drug-likeness (QED) is 0.564. The van der Waals surface area contributed by atoms with Crippen LogP contribution >= 0.6 is 0 Å². The van der Waals surface area contributed by atoms with Gasteiger partial charge in [-0.3, -0.25) is 9.10 Å². The number of sulfonamides is 1. The van der Waals surface area contributed by atoms with Gasteiger partial charge in [0.1, 0.15) is 5.75 Å². The number of rotatable bonds is 7. The van der Waals surface area contributed by atoms with Gasteiger partial charge in [-0.05, 0) is 48.9 Å². The van der Waals surface area contributed by atoms with Crippen molar-refractivity contribution in [2.45, 2.75) is 31.2 Å². The zero-order valence-corrected chi connectivity index (χ0v) is 17.7. The summed E-state index contributed by atoms with van der Waals surface area (Å²) in [6.45, 7) is 4.28. The Labute approximate surface area is 176 Å². The highest BCUT2D eigenvalue weighted by Gasteiger charge is 2.41. The molecular formula is C23H24N2O4S. The summed E-state index contributed by atoms with van der Waals surface area (Å²) in [6.07, 6.45) is 1.09. The van der Waals surface area contributed by atoms with Crippen molar-refractivity contribution in [3.63, 3.8) is 0 Å². The second-order valence-electron chi connectivity index (χ2n) is 7.87. The van der Waals surface area contributed by atoms with Crippen LogP contribution < -0.4 is 9.62 Å². The van der Waals surface area contributed by atoms with Crippen molar-refractivity contribution in [1.29, 1.82) is 0 Å². The minimum atomic E-state index is -3.87. The lowest BCUT2D eigenvalue weighted by molar-refractivity contribution is -0.109. The maximum atomic E-state index is 13.7. The SMILES string of the molecule is Cc1ccc(S(=O)(=O)N2c3cccc4ccc(O)c(c34)C2CC(C)CNC=O)cc1. The van der Waals surface area contributed by atoms with Crippen LogP contribution in [-0.4, -0.2) is 26.5 Å². The molecule has 2 unspecified atom stereocenters. The number of amides is 1. The third kappa shape index (κ3) is 3.29. The monoisotopic (exact) mass is 424 g/mol. The maximum absolute atomic E-state index is 13.7. The van der Waals surface area contributed by atoms with E-state index in [0.717, 1.165) is 16.3 Å². The van der Waals surface area contributed by atoms with Crippen LogP contribution in [0.1, 0.15) is 30.5 Å². The molecule has 1 heterocycles. The van der Waals surface area contributed by atoms with E-state index >= 15 is 0 Å². The average Bonchev–Trinajstić information content (AvgIpc) is 3.05. The lowest BCUT2D eigenvalue weighted by Crippen LogP contribution is -2.34. The fourth-order valence-electron chi connectivity index (χ4n) is 4.23. The van der Waals surface area contributed by atoms with Gasteiger partial charge in [-0.25, -0.2) is 8.42 Å². The molecular weight excluding hydrogens is 400 g/mol. The minimum absolute atomic E-state index is 0.000105. The first-order valence-electron chi connectivity index (χ1n) is 9.87. The molecule has 1 aliphatic rings. The number of nitrogens with one attached hydrogen (secondary N) is 1. The molecule has 30 heavy (non-hydrogen) atoms. The highest BCUT2D eigenvalue weighted by molar-refractivity contribution is 7.92. The first-order valence-corrected chi connectivity index (χ1v) is 11.3. The van der Waals surface area contributed by atoms with E-state index in [0.29, 0.717) is 30.6 Å². The molecule has 0 spiro atoms. The average molecular weight is 425 g/mol. The van der Waals surface area contributed by atoms with Crippen LogP contribution in [0.2, 0.25) is 0 Å². The Morgan fingerprint density at radius 2 is 1.87 bits per heavy atom. The molecule has 7 heteroatoms. The van der Waals surface area contributed by atoms with Crippen molar-refractivity contribution in [3.8, 4) is 5.75 Å². The Bertz CT molecular complexity index is 1210. The van der Waals surface area contributed by atoms with Gasteiger partial charge in [0.2, 0.25) is 6.41 Å². The Hall–Kier alpha value is -3.06. The van der Waals surface area contributed by atoms with Crippen molar-refractivity contribution in [2.75, 3.05) is 10.8 Å². The number of anilines is 1. The third-order valence-corrected chi connectivity index (χ3v) is 7.48. The highest BCUT2D eigenvalue weighted by atomic mass is 32.2. The first-order chi connectivity index (χ1) is 14.3. The van der Waals surface area contributed by atoms with Crippen LogP contribution in [0.25, 0.3) is 10.8 Å². The number of carbonyl (C=O) groups is 1. The fraction of sp³-hybridized carbons (Fsp3) is 0.261. The van der Waals surface area contributed by atoms with Crippen molar-refractivity contribution < 1.29 is 18.3 Å². The molecule has 1 aliphatic heterocycles. The Morgan fingerprint density at radius 3 is 2.57 bits per heavy atom. The second kappa shape index (κ2) is 7.65. The fourth-order valence-corrected chi connectivity index (χ4v) is 5.88. The number of carbonyl (C=O) groups excluding carboxylic acids is 1. The van der Waals surface area contributed by atoms with Crippen molar-refractivity contribution in [3.05, 3.63) is 65.7 Å². The highest BCUT2D eigenvalue weighted by Crippen LogP contribution is 2.52. The standard InChI is InChI=1S/C23H24N2O4S/c1-15-6-9-18(10-7-15)30(28,29)25-19-5-3-4-17-8-11-21(27)23(22(17)19)20(25)12-16(2)13-24-14-26/h3-11,14,16,20,27H,12-13H2,1-2H3,(H,24,26). The molecule has 0 aliphatic carbocycles. The molecule has 0 saturated heterocycles. The largest absolute Gasteiger partial charge is 0.508 e. The van der Waals surface area contributed by atoms with Gasteiger partial charge in [-0.1, -0.05) is 42.8 Å². The Balaban J connectivity index is 1.89. The summed E-state index contributed by atoms with van der Waals surface area (Å²) in [5.74, 6) is 0.0805. The van der Waals surface area contributed by atoms with Crippen LogP contribution in [-0.2, 0) is 14.8 Å². The molecule has 0 saturated carbocycles. The summed E-state index contributed by atoms with van der Waals surface area (Å²) in [7, 11) is -3.87. The predicted octanol–water partition coefficient (Wildman–Crippen LogP) is 3.88. The predicted molar refractivity (Wildman–Crippen MR) is 117 cm³/mol. The number of aryl methyl sites for hydroxylation is 1. The van der Waals surface area contributed by atoms with E-state index < -0.39 is 16.1 Å². The molecule has 156 valence electrons. The van der Waals surface area contributed by atoms with Crippen molar-refractivity contribution in [2.24, 2.45) is 5.92 Å². The van der Waals surface area contributed by atoms with Gasteiger partial charge < -0.3 is 10.4 Å². The van der Waals surface area contributed by atoms with Crippen LogP contribution in [0.4, 0.5) is 5.69 Å². The Morgan fingerprint density at radius 1 is 1.13 bits per heavy atom. The van der Waals surface area contributed by atoms with Gasteiger partial charge >= 0.3 is 0 Å². The van der Waals surface area contributed by atoms with Gasteiger partial charge in [-0.15, -0.1) is 0 Å². The number of benzene rings is 3. The maximum Gasteiger partial charge on any atom is 0.264 e. The molecule has 6 nitrogen and oxygen atoms in total. The van der Waals surface area contributed by atoms with E-state index in [1.54, 1.807) is 42.5 Å². The Kier molecular flexibility index (Phi) is 5.15. The first kappa shape index (κ1) is 20.2. The van der Waals surface area contributed by atoms with E-state index in [9.17, 15) is 18.3 Å². The van der Waals surface area contributed by atoms with Crippen LogP contribution in [0.5, 0.6) is 5.75 Å². The summed E-state index contributed by atoms with van der Waals surface area (Å²) >= 11 is 0. The molecule has 0 aromatic heterocycles. The zero-order chi connectivity index (χ0) is 21.5. The number of aromatic hydroxyl groups is 1. The van der Waals surface area contributed by atoms with E-state index in [4.69, 9.17) is 0 Å². The lowest BCUT2D eigenvalue weighted by Gasteiger charge is -2.30. The normalized spacial score (nSPS) is 16.6. The second-order valence-corrected chi connectivity index (χ2v) is 9.69. The van der Waals surface area contributed by atoms with Crippen molar-refractivity contribution >= 4 is 32.9 Å². The minimum Gasteiger partial charge on any atom is -0.508 e. The lowest BCUT2D eigenvalue weighted by atomic mass is 9.94. The molecule has 1 amide bonds. The molecule has 2 N–H and O–H groups in total. The van der Waals surface area contributed by atoms with E-state index in [1.807, 2.05) is 26.0 Å². The van der Waals surface area contributed by atoms with Gasteiger partial charge in [0.25, 0.3) is 10.0 Å². The molecule has 2 atom stereocenters. The summed E-state index contributed by atoms with van der Waals surface area (Å²) in [4.78, 5) is 10.9. The number of hydrogen-bond acceptors (Lipinski definition) is 4. The third-order valence-electron chi connectivity index (χ3n) is 5.65. The molecule has 0 radical (unpaired) electrons. The van der Waals surface area contributed by atoms with E-state index in [2.05, 4.69) is 5.32 Å². The van der Waals surface area contributed by atoms with Gasteiger partial charge in [0.15, 0.2) is 0 Å². The number of phenolic OH excluding ortho intramolecular Hbond substituents is 1. The molecule has 0 bridgehead atoms. The smallest absolute Gasteiger partial charge is 0.264 e. The number of phenols is 1. The topological polar surface area (TPSA) is 86.7 Å². The van der Waals surface area contributed by atoms with E-state index in [1.165, 1.54) is 4.31 Å². The zero-order valence-electron chi connectivity index (χ0n) is 16.9. The number of nitrogens with zero attached hydrogens (tertiary/aromatic N) is 1.